The number of nitrogen functional groups attached to an aromatic ring is 1. The maximum absolute atomic E-state index is 12.9. The van der Waals surface area contributed by atoms with Gasteiger partial charge in [0.1, 0.15) is 17.3 Å². The van der Waals surface area contributed by atoms with Crippen molar-refractivity contribution >= 4 is 17.3 Å². The molecule has 0 unspecified atom stereocenters. The van der Waals surface area contributed by atoms with E-state index >= 15 is 0 Å². The minimum Gasteiger partial charge on any atom is -0.436 e. The fraction of sp³-hybridized carbons (Fsp3) is 0.250. The van der Waals surface area contributed by atoms with Crippen LogP contribution >= 0.6 is 11.6 Å². The predicted molar refractivity (Wildman–Crippen MR) is 68.5 cm³/mol. The van der Waals surface area contributed by atoms with Crippen LogP contribution in [0, 0.1) is 5.82 Å². The number of halogens is 2. The Labute approximate surface area is 109 Å². The van der Waals surface area contributed by atoms with Gasteiger partial charge in [0.15, 0.2) is 0 Å². The van der Waals surface area contributed by atoms with E-state index < -0.39 is 5.82 Å². The maximum atomic E-state index is 12.9. The van der Waals surface area contributed by atoms with Crippen LogP contribution in [0.25, 0.3) is 0 Å². The van der Waals surface area contributed by atoms with Crippen LogP contribution in [0.1, 0.15) is 12.6 Å². The molecule has 0 saturated carbocycles. The lowest BCUT2D eigenvalue weighted by atomic mass is 10.3. The molecule has 0 amide bonds. The minimum absolute atomic E-state index is 0.189. The third-order valence-corrected chi connectivity index (χ3v) is 2.84. The van der Waals surface area contributed by atoms with Gasteiger partial charge in [0.25, 0.3) is 0 Å². The molecule has 96 valence electrons. The summed E-state index contributed by atoms with van der Waals surface area (Å²) in [6.07, 6.45) is 0.709. The van der Waals surface area contributed by atoms with E-state index in [4.69, 9.17) is 22.1 Å². The second-order valence-corrected chi connectivity index (χ2v) is 4.23. The Bertz CT molecular complexity index is 583. The van der Waals surface area contributed by atoms with E-state index in [-0.39, 0.29) is 5.02 Å². The van der Waals surface area contributed by atoms with E-state index in [0.29, 0.717) is 23.7 Å². The van der Waals surface area contributed by atoms with Gasteiger partial charge in [0.05, 0.1) is 10.7 Å². The lowest BCUT2D eigenvalue weighted by Crippen LogP contribution is -1.97. The highest BCUT2D eigenvalue weighted by atomic mass is 35.5. The summed E-state index contributed by atoms with van der Waals surface area (Å²) in [5.74, 6) is 0.329. The third kappa shape index (κ3) is 2.26. The van der Waals surface area contributed by atoms with Crippen LogP contribution < -0.4 is 10.5 Å². The monoisotopic (exact) mass is 269 g/mol. The Morgan fingerprint density at radius 3 is 2.78 bits per heavy atom. The molecular formula is C12H13ClFN3O. The standard InChI is InChI=1S/C12H13ClFN3O/c1-3-9-11(15)12(17(2)16-9)18-10-5-4-7(14)6-8(10)13/h4-6H,3,15H2,1-2H3. The zero-order chi connectivity index (χ0) is 13.3. The van der Waals surface area contributed by atoms with Gasteiger partial charge in [0, 0.05) is 7.05 Å². The molecule has 1 aromatic carbocycles. The van der Waals surface area contributed by atoms with Crippen molar-refractivity contribution < 1.29 is 9.13 Å². The highest BCUT2D eigenvalue weighted by Gasteiger charge is 2.15. The fourth-order valence-electron chi connectivity index (χ4n) is 1.62. The molecule has 2 N–H and O–H groups in total. The average molecular weight is 270 g/mol. The largest absolute Gasteiger partial charge is 0.436 e. The molecule has 0 bridgehead atoms. The van der Waals surface area contributed by atoms with Crippen molar-refractivity contribution in [2.24, 2.45) is 7.05 Å². The van der Waals surface area contributed by atoms with Crippen molar-refractivity contribution in [1.82, 2.24) is 9.78 Å². The van der Waals surface area contributed by atoms with Crippen LogP contribution in [0.4, 0.5) is 10.1 Å². The summed E-state index contributed by atoms with van der Waals surface area (Å²) in [5, 5.41) is 4.41. The van der Waals surface area contributed by atoms with Gasteiger partial charge in [-0.25, -0.2) is 9.07 Å². The quantitative estimate of drug-likeness (QED) is 0.931. The van der Waals surface area contributed by atoms with Crippen LogP contribution in [-0.4, -0.2) is 9.78 Å². The first-order valence-corrected chi connectivity index (χ1v) is 5.85. The summed E-state index contributed by atoms with van der Waals surface area (Å²) in [5.41, 5.74) is 7.14. The van der Waals surface area contributed by atoms with Crippen molar-refractivity contribution in [3.8, 4) is 11.6 Å². The summed E-state index contributed by atoms with van der Waals surface area (Å²) in [4.78, 5) is 0. The summed E-state index contributed by atoms with van der Waals surface area (Å²) < 4.78 is 20.0. The van der Waals surface area contributed by atoms with E-state index in [2.05, 4.69) is 5.10 Å². The number of aryl methyl sites for hydroxylation is 2. The number of nitrogens with zero attached hydrogens (tertiary/aromatic N) is 2. The SMILES string of the molecule is CCc1nn(C)c(Oc2ccc(F)cc2Cl)c1N. The molecule has 4 nitrogen and oxygen atoms in total. The van der Waals surface area contributed by atoms with E-state index in [1.807, 2.05) is 6.92 Å². The topological polar surface area (TPSA) is 53.1 Å². The van der Waals surface area contributed by atoms with Crippen molar-refractivity contribution in [3.63, 3.8) is 0 Å². The molecule has 2 rings (SSSR count). The van der Waals surface area contributed by atoms with Crippen molar-refractivity contribution in [2.45, 2.75) is 13.3 Å². The molecule has 0 aliphatic heterocycles. The zero-order valence-corrected chi connectivity index (χ0v) is 10.8. The summed E-state index contributed by atoms with van der Waals surface area (Å²) in [7, 11) is 1.72. The van der Waals surface area contributed by atoms with Gasteiger partial charge in [-0.05, 0) is 24.6 Å². The van der Waals surface area contributed by atoms with Crippen LogP contribution in [0.2, 0.25) is 5.02 Å². The number of benzene rings is 1. The van der Waals surface area contributed by atoms with Gasteiger partial charge in [-0.2, -0.15) is 5.10 Å². The minimum atomic E-state index is -0.417. The van der Waals surface area contributed by atoms with E-state index in [0.717, 1.165) is 5.69 Å². The Morgan fingerprint density at radius 1 is 1.50 bits per heavy atom. The molecule has 6 heteroatoms. The number of hydrogen-bond donors (Lipinski definition) is 1. The number of hydrogen-bond acceptors (Lipinski definition) is 3. The first-order valence-electron chi connectivity index (χ1n) is 5.47. The average Bonchev–Trinajstić information content (AvgIpc) is 2.59. The number of ether oxygens (including phenoxy) is 1. The molecule has 0 spiro atoms. The van der Waals surface area contributed by atoms with E-state index in [1.165, 1.54) is 22.9 Å². The molecule has 0 radical (unpaired) electrons. The van der Waals surface area contributed by atoms with Gasteiger partial charge < -0.3 is 10.5 Å². The van der Waals surface area contributed by atoms with Crippen molar-refractivity contribution in [3.05, 3.63) is 34.7 Å². The van der Waals surface area contributed by atoms with E-state index in [9.17, 15) is 4.39 Å². The van der Waals surface area contributed by atoms with Crippen molar-refractivity contribution in [2.75, 3.05) is 5.73 Å². The molecule has 0 aliphatic rings. The number of rotatable bonds is 3. The first-order chi connectivity index (χ1) is 8.52. The van der Waals surface area contributed by atoms with Crippen LogP contribution in [0.3, 0.4) is 0 Å². The third-order valence-electron chi connectivity index (χ3n) is 2.54. The second-order valence-electron chi connectivity index (χ2n) is 3.82. The van der Waals surface area contributed by atoms with Gasteiger partial charge >= 0.3 is 0 Å². The summed E-state index contributed by atoms with van der Waals surface area (Å²) >= 11 is 5.89. The smallest absolute Gasteiger partial charge is 0.241 e. The summed E-state index contributed by atoms with van der Waals surface area (Å²) in [6.45, 7) is 1.95. The van der Waals surface area contributed by atoms with Gasteiger partial charge in [-0.15, -0.1) is 0 Å². The van der Waals surface area contributed by atoms with Crippen LogP contribution in [0.5, 0.6) is 11.6 Å². The zero-order valence-electron chi connectivity index (χ0n) is 10.1. The molecule has 0 saturated heterocycles. The van der Waals surface area contributed by atoms with Gasteiger partial charge in [0.2, 0.25) is 5.88 Å². The molecule has 0 aliphatic carbocycles. The van der Waals surface area contributed by atoms with Crippen LogP contribution in [-0.2, 0) is 13.5 Å². The fourth-order valence-corrected chi connectivity index (χ4v) is 1.83. The predicted octanol–water partition coefficient (Wildman–Crippen LogP) is 3.15. The van der Waals surface area contributed by atoms with Crippen molar-refractivity contribution in [1.29, 1.82) is 0 Å². The summed E-state index contributed by atoms with van der Waals surface area (Å²) in [6, 6.07) is 3.91. The first kappa shape index (κ1) is 12.7. The Kier molecular flexibility index (Phi) is 3.43. The Hall–Kier alpha value is -1.75. The lowest BCUT2D eigenvalue weighted by Gasteiger charge is -2.08. The number of nitrogens with two attached hydrogens (primary N) is 1. The van der Waals surface area contributed by atoms with E-state index in [1.54, 1.807) is 7.05 Å². The molecule has 2 aromatic rings. The Balaban J connectivity index is 2.37. The molecule has 18 heavy (non-hydrogen) atoms. The maximum Gasteiger partial charge on any atom is 0.241 e. The highest BCUT2D eigenvalue weighted by molar-refractivity contribution is 6.32. The number of anilines is 1. The molecule has 0 fully saturated rings. The number of aromatic nitrogens is 2. The Morgan fingerprint density at radius 2 is 2.22 bits per heavy atom. The van der Waals surface area contributed by atoms with Gasteiger partial charge in [-0.3, -0.25) is 0 Å². The molecule has 0 atom stereocenters. The second kappa shape index (κ2) is 4.86. The molecule has 1 aromatic heterocycles. The normalized spacial score (nSPS) is 10.7. The van der Waals surface area contributed by atoms with Gasteiger partial charge in [-0.1, -0.05) is 18.5 Å². The highest BCUT2D eigenvalue weighted by Crippen LogP contribution is 2.34. The molecule has 1 heterocycles. The lowest BCUT2D eigenvalue weighted by molar-refractivity contribution is 0.431. The molecular weight excluding hydrogens is 257 g/mol. The van der Waals surface area contributed by atoms with Crippen LogP contribution in [0.15, 0.2) is 18.2 Å².